The number of nitrogens with one attached hydrogen (secondary N) is 1. The van der Waals surface area contributed by atoms with Gasteiger partial charge in [-0.25, -0.2) is 0 Å². The summed E-state index contributed by atoms with van der Waals surface area (Å²) in [6, 6.07) is 2.00. The van der Waals surface area contributed by atoms with Crippen molar-refractivity contribution in [2.24, 2.45) is 14.1 Å². The van der Waals surface area contributed by atoms with E-state index in [0.29, 0.717) is 0 Å². The Labute approximate surface area is 101 Å². The van der Waals surface area contributed by atoms with Gasteiger partial charge in [-0.2, -0.15) is 10.2 Å². The number of anilines is 1. The lowest BCUT2D eigenvalue weighted by molar-refractivity contribution is 0.713. The molecule has 1 N–H and O–H groups in total. The maximum Gasteiger partial charge on any atom is 0.127 e. The third-order valence-electron chi connectivity index (χ3n) is 2.48. The van der Waals surface area contributed by atoms with Gasteiger partial charge in [0.1, 0.15) is 5.82 Å². The van der Waals surface area contributed by atoms with Crippen molar-refractivity contribution in [1.82, 2.24) is 19.6 Å². The van der Waals surface area contributed by atoms with Crippen LogP contribution in [0.1, 0.15) is 11.3 Å². The lowest BCUT2D eigenvalue weighted by Crippen LogP contribution is -2.09. The molecule has 16 heavy (non-hydrogen) atoms. The molecule has 2 heterocycles. The van der Waals surface area contributed by atoms with E-state index in [1.54, 1.807) is 6.20 Å². The number of halogens is 1. The summed E-state index contributed by atoms with van der Waals surface area (Å²) >= 11 is 0. The van der Waals surface area contributed by atoms with Crippen LogP contribution in [-0.2, 0) is 20.6 Å². The van der Waals surface area contributed by atoms with Crippen molar-refractivity contribution in [1.29, 1.82) is 0 Å². The Hall–Kier alpha value is -1.49. The molecule has 6 heteroatoms. The zero-order valence-corrected chi connectivity index (χ0v) is 10.5. The van der Waals surface area contributed by atoms with Crippen LogP contribution >= 0.6 is 12.4 Å². The highest BCUT2D eigenvalue weighted by Gasteiger charge is 2.04. The van der Waals surface area contributed by atoms with Crippen molar-refractivity contribution in [3.63, 3.8) is 0 Å². The van der Waals surface area contributed by atoms with Crippen LogP contribution in [0.5, 0.6) is 0 Å². The quantitative estimate of drug-likeness (QED) is 0.886. The Balaban J connectivity index is 0.00000128. The normalized spacial score (nSPS) is 9.94. The van der Waals surface area contributed by atoms with Crippen molar-refractivity contribution < 1.29 is 0 Å². The van der Waals surface area contributed by atoms with E-state index in [1.807, 2.05) is 42.6 Å². The summed E-state index contributed by atoms with van der Waals surface area (Å²) in [4.78, 5) is 0. The topological polar surface area (TPSA) is 47.7 Å². The van der Waals surface area contributed by atoms with Crippen molar-refractivity contribution in [3.05, 3.63) is 29.7 Å². The Morgan fingerprint density at radius 2 is 2.00 bits per heavy atom. The molecule has 5 nitrogen and oxygen atoms in total. The van der Waals surface area contributed by atoms with Gasteiger partial charge in [0, 0.05) is 25.9 Å². The van der Waals surface area contributed by atoms with E-state index in [0.717, 1.165) is 23.6 Å². The van der Waals surface area contributed by atoms with Crippen molar-refractivity contribution in [2.45, 2.75) is 13.5 Å². The first kappa shape index (κ1) is 12.6. The third-order valence-corrected chi connectivity index (χ3v) is 2.48. The van der Waals surface area contributed by atoms with Crippen LogP contribution in [0.3, 0.4) is 0 Å². The summed E-state index contributed by atoms with van der Waals surface area (Å²) in [5, 5.41) is 11.6. The van der Waals surface area contributed by atoms with Crippen LogP contribution in [0.4, 0.5) is 5.82 Å². The Morgan fingerprint density at radius 3 is 2.50 bits per heavy atom. The van der Waals surface area contributed by atoms with Crippen LogP contribution in [0.25, 0.3) is 0 Å². The molecule has 0 amide bonds. The Bertz CT molecular complexity index is 440. The van der Waals surface area contributed by atoms with Gasteiger partial charge in [-0.15, -0.1) is 12.4 Å². The van der Waals surface area contributed by atoms with Gasteiger partial charge in [0.05, 0.1) is 18.4 Å². The van der Waals surface area contributed by atoms with Crippen molar-refractivity contribution >= 4 is 18.2 Å². The largest absolute Gasteiger partial charge is 0.364 e. The molecular weight excluding hydrogens is 226 g/mol. The first-order valence-electron chi connectivity index (χ1n) is 4.88. The highest BCUT2D eigenvalue weighted by atomic mass is 35.5. The average Bonchev–Trinajstić information content (AvgIpc) is 2.73. The van der Waals surface area contributed by atoms with Crippen LogP contribution in [0.2, 0.25) is 0 Å². The van der Waals surface area contributed by atoms with Gasteiger partial charge in [0.2, 0.25) is 0 Å². The van der Waals surface area contributed by atoms with Crippen LogP contribution in [0.15, 0.2) is 18.5 Å². The van der Waals surface area contributed by atoms with Gasteiger partial charge in [-0.3, -0.25) is 9.36 Å². The second-order valence-corrected chi connectivity index (χ2v) is 3.60. The lowest BCUT2D eigenvalue weighted by atomic mass is 10.3. The minimum atomic E-state index is 0. The molecule has 0 aliphatic rings. The van der Waals surface area contributed by atoms with Gasteiger partial charge in [0.15, 0.2) is 0 Å². The van der Waals surface area contributed by atoms with Crippen LogP contribution in [-0.4, -0.2) is 19.6 Å². The molecule has 0 saturated carbocycles. The Morgan fingerprint density at radius 1 is 1.25 bits per heavy atom. The second-order valence-electron chi connectivity index (χ2n) is 3.60. The predicted molar refractivity (Wildman–Crippen MR) is 65.7 cm³/mol. The molecule has 0 unspecified atom stereocenters. The minimum absolute atomic E-state index is 0. The molecule has 0 atom stereocenters. The number of rotatable bonds is 3. The van der Waals surface area contributed by atoms with Gasteiger partial charge in [0.25, 0.3) is 0 Å². The molecule has 2 aromatic rings. The van der Waals surface area contributed by atoms with E-state index in [2.05, 4.69) is 15.5 Å². The third kappa shape index (κ3) is 2.36. The van der Waals surface area contributed by atoms with E-state index >= 15 is 0 Å². The van der Waals surface area contributed by atoms with Gasteiger partial charge >= 0.3 is 0 Å². The van der Waals surface area contributed by atoms with Crippen LogP contribution < -0.4 is 5.32 Å². The highest BCUT2D eigenvalue weighted by molar-refractivity contribution is 5.85. The van der Waals surface area contributed by atoms with Crippen LogP contribution in [0, 0.1) is 6.92 Å². The number of hydrogen-bond donors (Lipinski definition) is 1. The smallest absolute Gasteiger partial charge is 0.127 e. The Kier molecular flexibility index (Phi) is 3.95. The van der Waals surface area contributed by atoms with E-state index in [-0.39, 0.29) is 12.4 Å². The van der Waals surface area contributed by atoms with E-state index in [9.17, 15) is 0 Å². The zero-order chi connectivity index (χ0) is 10.8. The molecule has 2 rings (SSSR count). The summed E-state index contributed by atoms with van der Waals surface area (Å²) < 4.78 is 3.70. The summed E-state index contributed by atoms with van der Waals surface area (Å²) in [6.07, 6.45) is 3.65. The van der Waals surface area contributed by atoms with Crippen molar-refractivity contribution in [2.75, 3.05) is 5.32 Å². The molecule has 0 aromatic carbocycles. The SMILES string of the molecule is Cc1cnn(C)c1NCc1ccnn1C.Cl. The standard InChI is InChI=1S/C10H15N5.ClH/c1-8-6-13-15(3)10(8)11-7-9-4-5-12-14(9)2;/h4-6,11H,7H2,1-3H3;1H. The molecule has 0 aliphatic heterocycles. The molecule has 0 saturated heterocycles. The van der Waals surface area contributed by atoms with Crippen molar-refractivity contribution in [3.8, 4) is 0 Å². The predicted octanol–water partition coefficient (Wildman–Crippen LogP) is 1.50. The van der Waals surface area contributed by atoms with E-state index in [4.69, 9.17) is 0 Å². The van der Waals surface area contributed by atoms with Gasteiger partial charge in [-0.1, -0.05) is 0 Å². The molecule has 0 fully saturated rings. The van der Waals surface area contributed by atoms with Gasteiger partial charge < -0.3 is 5.32 Å². The number of aryl methyl sites for hydroxylation is 3. The maximum atomic E-state index is 4.17. The fourth-order valence-electron chi connectivity index (χ4n) is 1.55. The summed E-state index contributed by atoms with van der Waals surface area (Å²) in [5.41, 5.74) is 2.30. The maximum absolute atomic E-state index is 4.17. The number of nitrogens with zero attached hydrogens (tertiary/aromatic N) is 4. The monoisotopic (exact) mass is 241 g/mol. The summed E-state index contributed by atoms with van der Waals surface area (Å²) in [5.74, 6) is 1.05. The summed E-state index contributed by atoms with van der Waals surface area (Å²) in [7, 11) is 3.87. The molecular formula is C10H16ClN5. The molecule has 0 radical (unpaired) electrons. The molecule has 88 valence electrons. The molecule has 0 spiro atoms. The first-order valence-corrected chi connectivity index (χ1v) is 4.88. The van der Waals surface area contributed by atoms with E-state index < -0.39 is 0 Å². The number of hydrogen-bond acceptors (Lipinski definition) is 3. The first-order chi connectivity index (χ1) is 7.18. The average molecular weight is 242 g/mol. The van der Waals surface area contributed by atoms with E-state index in [1.165, 1.54) is 0 Å². The fraction of sp³-hybridized carbons (Fsp3) is 0.400. The van der Waals surface area contributed by atoms with Gasteiger partial charge in [-0.05, 0) is 13.0 Å². The zero-order valence-electron chi connectivity index (χ0n) is 9.64. The number of aromatic nitrogens is 4. The fourth-order valence-corrected chi connectivity index (χ4v) is 1.55. The molecule has 2 aromatic heterocycles. The molecule has 0 bridgehead atoms. The molecule has 0 aliphatic carbocycles. The second kappa shape index (κ2) is 5.03. The highest BCUT2D eigenvalue weighted by Crippen LogP contribution is 2.13. The minimum Gasteiger partial charge on any atom is -0.364 e. The lowest BCUT2D eigenvalue weighted by Gasteiger charge is -2.07. The summed E-state index contributed by atoms with van der Waals surface area (Å²) in [6.45, 7) is 2.80.